The van der Waals surface area contributed by atoms with Gasteiger partial charge in [-0.25, -0.2) is 27.2 Å². The van der Waals surface area contributed by atoms with Crippen molar-refractivity contribution in [1.29, 1.82) is 0 Å². The van der Waals surface area contributed by atoms with Gasteiger partial charge in [-0.05, 0) is 23.8 Å². The monoisotopic (exact) mass is 464 g/mol. The summed E-state index contributed by atoms with van der Waals surface area (Å²) in [6.45, 7) is 0. The average molecular weight is 464 g/mol. The van der Waals surface area contributed by atoms with E-state index in [-0.39, 0.29) is 21.0 Å². The molecule has 2 aromatic carbocycles. The standard InChI is InChI=1S/C20H20N2O9S/c1-30-17(24)19(26)16(23)15-13-10-6-7-11-14(13)22(20(15,27)21(19)18(25)31-2)32(28,29)12-8-4-3-5-9-12/h3-11,15-16,23,26-27H,1-2H3/t15-,16?,19-,20-/m0/s1. The number of para-hydroxylation sites is 1. The van der Waals surface area contributed by atoms with Crippen molar-refractivity contribution in [3.8, 4) is 0 Å². The molecule has 1 saturated heterocycles. The number of carbonyl (C=O) groups is 2. The third-order valence-corrected chi connectivity index (χ3v) is 7.54. The Labute approximate surface area is 183 Å². The summed E-state index contributed by atoms with van der Waals surface area (Å²) in [4.78, 5) is 25.1. The number of benzene rings is 2. The van der Waals surface area contributed by atoms with Crippen LogP contribution in [0.15, 0.2) is 59.5 Å². The molecule has 2 heterocycles. The molecule has 32 heavy (non-hydrogen) atoms. The molecule has 0 aliphatic carbocycles. The lowest BCUT2D eigenvalue weighted by Gasteiger charge is -2.42. The molecule has 1 fully saturated rings. The Morgan fingerprint density at radius 1 is 0.969 bits per heavy atom. The summed E-state index contributed by atoms with van der Waals surface area (Å²) >= 11 is 0. The second-order valence-electron chi connectivity index (χ2n) is 7.27. The van der Waals surface area contributed by atoms with Crippen LogP contribution in [0.5, 0.6) is 0 Å². The molecule has 2 aliphatic rings. The summed E-state index contributed by atoms with van der Waals surface area (Å²) in [5, 5.41) is 34.0. The van der Waals surface area contributed by atoms with Crippen molar-refractivity contribution in [2.24, 2.45) is 0 Å². The van der Waals surface area contributed by atoms with Crippen molar-refractivity contribution in [2.75, 3.05) is 18.5 Å². The van der Waals surface area contributed by atoms with Crippen LogP contribution in [0, 0.1) is 0 Å². The largest absolute Gasteiger partial charge is 0.465 e. The minimum absolute atomic E-state index is 0.0521. The molecule has 2 aliphatic heterocycles. The maximum absolute atomic E-state index is 13.7. The van der Waals surface area contributed by atoms with Crippen molar-refractivity contribution in [3.63, 3.8) is 0 Å². The number of fused-ring (bicyclic) bond motifs is 3. The number of carbonyl (C=O) groups excluding carboxylic acids is 2. The molecule has 3 N–H and O–H groups in total. The summed E-state index contributed by atoms with van der Waals surface area (Å²) in [6, 6.07) is 12.8. The van der Waals surface area contributed by atoms with Gasteiger partial charge < -0.3 is 24.8 Å². The van der Waals surface area contributed by atoms with E-state index in [0.717, 1.165) is 14.2 Å². The predicted octanol–water partition coefficient (Wildman–Crippen LogP) is -0.0703. The van der Waals surface area contributed by atoms with Crippen molar-refractivity contribution in [2.45, 2.75) is 28.5 Å². The van der Waals surface area contributed by atoms with E-state index in [9.17, 15) is 33.3 Å². The third kappa shape index (κ3) is 2.54. The van der Waals surface area contributed by atoms with Crippen LogP contribution in [0.1, 0.15) is 11.5 Å². The van der Waals surface area contributed by atoms with Crippen LogP contribution in [-0.2, 0) is 24.3 Å². The van der Waals surface area contributed by atoms with E-state index < -0.39 is 45.7 Å². The van der Waals surface area contributed by atoms with Crippen molar-refractivity contribution < 1.29 is 42.8 Å². The summed E-state index contributed by atoms with van der Waals surface area (Å²) in [6.07, 6.45) is -3.64. The number of likely N-dealkylation sites (tertiary alicyclic amines) is 1. The SMILES string of the molecule is COC(=O)N1[C@@]2(O)[C@@H](c3ccccc3N2S(=O)(=O)c2ccccc2)C(O)[C@]1(O)C(=O)OC. The zero-order valence-electron chi connectivity index (χ0n) is 16.9. The fraction of sp³-hybridized carbons (Fsp3) is 0.300. The van der Waals surface area contributed by atoms with Gasteiger partial charge in [0.2, 0.25) is 5.85 Å². The predicted molar refractivity (Wildman–Crippen MR) is 107 cm³/mol. The van der Waals surface area contributed by atoms with Crippen molar-refractivity contribution >= 4 is 27.8 Å². The molecule has 0 bridgehead atoms. The zero-order valence-corrected chi connectivity index (χ0v) is 17.8. The Hall–Kier alpha value is -3.19. The number of nitrogens with zero attached hydrogens (tertiary/aromatic N) is 2. The Kier molecular flexibility index (Phi) is 4.93. The van der Waals surface area contributed by atoms with Gasteiger partial charge in [-0.15, -0.1) is 0 Å². The molecule has 170 valence electrons. The van der Waals surface area contributed by atoms with Crippen LogP contribution in [0.4, 0.5) is 10.5 Å². The molecular weight excluding hydrogens is 444 g/mol. The second-order valence-corrected chi connectivity index (χ2v) is 9.06. The Morgan fingerprint density at radius 3 is 2.16 bits per heavy atom. The number of anilines is 1. The number of methoxy groups -OCH3 is 2. The summed E-state index contributed by atoms with van der Waals surface area (Å²) in [5.74, 6) is -6.08. The van der Waals surface area contributed by atoms with E-state index in [2.05, 4.69) is 9.47 Å². The van der Waals surface area contributed by atoms with Crippen LogP contribution in [0.3, 0.4) is 0 Å². The fourth-order valence-corrected chi connectivity index (χ4v) is 6.09. The highest BCUT2D eigenvalue weighted by Gasteiger charge is 2.78. The first-order valence-corrected chi connectivity index (χ1v) is 10.8. The van der Waals surface area contributed by atoms with Gasteiger partial charge in [0, 0.05) is 0 Å². The van der Waals surface area contributed by atoms with Crippen LogP contribution in [0.2, 0.25) is 0 Å². The minimum atomic E-state index is -4.59. The van der Waals surface area contributed by atoms with E-state index in [0.29, 0.717) is 4.31 Å². The van der Waals surface area contributed by atoms with Gasteiger partial charge in [-0.3, -0.25) is 0 Å². The normalized spacial score (nSPS) is 28.8. The molecule has 2 aromatic rings. The summed E-state index contributed by atoms with van der Waals surface area (Å²) < 4.78 is 37.0. The van der Waals surface area contributed by atoms with Gasteiger partial charge >= 0.3 is 12.1 Å². The van der Waals surface area contributed by atoms with Crippen LogP contribution in [-0.4, -0.2) is 72.6 Å². The number of ether oxygens (including phenoxy) is 2. The Morgan fingerprint density at radius 2 is 1.56 bits per heavy atom. The van der Waals surface area contributed by atoms with Crippen molar-refractivity contribution in [3.05, 3.63) is 60.2 Å². The van der Waals surface area contributed by atoms with E-state index in [1.165, 1.54) is 48.5 Å². The lowest BCUT2D eigenvalue weighted by Crippen LogP contribution is -2.68. The highest BCUT2D eigenvalue weighted by atomic mass is 32.2. The quantitative estimate of drug-likeness (QED) is 0.530. The van der Waals surface area contributed by atoms with Gasteiger partial charge in [-0.1, -0.05) is 36.4 Å². The molecule has 4 atom stereocenters. The topological polar surface area (TPSA) is 154 Å². The van der Waals surface area contributed by atoms with E-state index in [4.69, 9.17) is 0 Å². The molecule has 0 radical (unpaired) electrons. The zero-order chi connectivity index (χ0) is 23.5. The minimum Gasteiger partial charge on any atom is -0.465 e. The smallest absolute Gasteiger partial charge is 0.416 e. The molecule has 1 amide bonds. The fourth-order valence-electron chi connectivity index (χ4n) is 4.41. The number of sulfonamides is 1. The highest BCUT2D eigenvalue weighted by molar-refractivity contribution is 7.93. The molecule has 0 aromatic heterocycles. The number of aliphatic hydroxyl groups is 3. The molecule has 0 spiro atoms. The Bertz CT molecular complexity index is 1190. The number of hydrogen-bond donors (Lipinski definition) is 3. The van der Waals surface area contributed by atoms with E-state index in [1.807, 2.05) is 0 Å². The summed E-state index contributed by atoms with van der Waals surface area (Å²) in [5.41, 5.74) is -3.13. The molecule has 0 saturated carbocycles. The summed E-state index contributed by atoms with van der Waals surface area (Å²) in [7, 11) is -2.79. The molecule has 1 unspecified atom stereocenters. The molecular formula is C20H20N2O9S. The molecule has 11 nitrogen and oxygen atoms in total. The lowest BCUT2D eigenvalue weighted by molar-refractivity contribution is -0.208. The number of rotatable bonds is 3. The van der Waals surface area contributed by atoms with Crippen LogP contribution >= 0.6 is 0 Å². The third-order valence-electron chi connectivity index (χ3n) is 5.73. The van der Waals surface area contributed by atoms with Crippen molar-refractivity contribution in [1.82, 2.24) is 4.90 Å². The maximum atomic E-state index is 13.7. The van der Waals surface area contributed by atoms with E-state index >= 15 is 0 Å². The van der Waals surface area contributed by atoms with Gasteiger partial charge in [-0.2, -0.15) is 0 Å². The van der Waals surface area contributed by atoms with Gasteiger partial charge in [0.1, 0.15) is 6.10 Å². The van der Waals surface area contributed by atoms with Crippen LogP contribution < -0.4 is 4.31 Å². The number of amides is 1. The highest BCUT2D eigenvalue weighted by Crippen LogP contribution is 2.59. The number of hydrogen-bond acceptors (Lipinski definition) is 9. The van der Waals surface area contributed by atoms with E-state index in [1.54, 1.807) is 6.07 Å². The second kappa shape index (κ2) is 7.17. The number of esters is 1. The first kappa shape index (κ1) is 22.0. The average Bonchev–Trinajstić information content (AvgIpc) is 3.16. The molecule has 4 rings (SSSR count). The first-order valence-electron chi connectivity index (χ1n) is 9.36. The van der Waals surface area contributed by atoms with Gasteiger partial charge in [0.05, 0.1) is 30.7 Å². The van der Waals surface area contributed by atoms with Gasteiger partial charge in [0.15, 0.2) is 0 Å². The van der Waals surface area contributed by atoms with Gasteiger partial charge in [0.25, 0.3) is 15.7 Å². The van der Waals surface area contributed by atoms with Crippen LogP contribution in [0.25, 0.3) is 0 Å². The Balaban J connectivity index is 2.06. The molecule has 12 heteroatoms. The number of aliphatic hydroxyl groups excluding tert-OH is 1. The lowest BCUT2D eigenvalue weighted by atomic mass is 9.91. The first-order chi connectivity index (χ1) is 15.1. The maximum Gasteiger partial charge on any atom is 0.416 e.